The third-order valence-corrected chi connectivity index (χ3v) is 4.70. The molecule has 2 aromatic heterocycles. The molecule has 6 heteroatoms. The van der Waals surface area contributed by atoms with Gasteiger partial charge in [-0.1, -0.05) is 25.1 Å². The maximum Gasteiger partial charge on any atom is 0.193 e. The van der Waals surface area contributed by atoms with Gasteiger partial charge in [-0.15, -0.1) is 0 Å². The Bertz CT molecular complexity index is 889. The summed E-state index contributed by atoms with van der Waals surface area (Å²) in [6, 6.07) is 6.53. The lowest BCUT2D eigenvalue weighted by atomic mass is 10.1. The Morgan fingerprint density at radius 1 is 1.35 bits per heavy atom. The third kappa shape index (κ3) is 3.90. The van der Waals surface area contributed by atoms with E-state index < -0.39 is 0 Å². The van der Waals surface area contributed by atoms with Crippen LogP contribution >= 0.6 is 0 Å². The average molecular weight is 352 g/mol. The van der Waals surface area contributed by atoms with E-state index in [0.29, 0.717) is 0 Å². The van der Waals surface area contributed by atoms with Gasteiger partial charge >= 0.3 is 0 Å². The summed E-state index contributed by atoms with van der Waals surface area (Å²) in [4.78, 5) is 9.95. The largest absolute Gasteiger partial charge is 0.361 e. The van der Waals surface area contributed by atoms with E-state index in [-0.39, 0.29) is 0 Å². The first-order valence-corrected chi connectivity index (χ1v) is 9.09. The fourth-order valence-electron chi connectivity index (χ4n) is 3.37. The minimum Gasteiger partial charge on any atom is -0.361 e. The minimum absolute atomic E-state index is 0.778. The third-order valence-electron chi connectivity index (χ3n) is 4.70. The fraction of sp³-hybridized carbons (Fsp3) is 0.400. The summed E-state index contributed by atoms with van der Waals surface area (Å²) in [6.45, 7) is 3.81. The Labute approximate surface area is 154 Å². The van der Waals surface area contributed by atoms with Crippen molar-refractivity contribution in [1.29, 1.82) is 0 Å². The van der Waals surface area contributed by atoms with E-state index in [1.807, 2.05) is 38.2 Å². The van der Waals surface area contributed by atoms with E-state index in [4.69, 9.17) is 0 Å². The predicted octanol–water partition coefficient (Wildman–Crippen LogP) is 2.71. The van der Waals surface area contributed by atoms with Crippen LogP contribution in [0, 0.1) is 0 Å². The van der Waals surface area contributed by atoms with E-state index in [2.05, 4.69) is 56.6 Å². The smallest absolute Gasteiger partial charge is 0.193 e. The van der Waals surface area contributed by atoms with Gasteiger partial charge in [0.15, 0.2) is 5.96 Å². The molecule has 2 N–H and O–H groups in total. The summed E-state index contributed by atoms with van der Waals surface area (Å²) < 4.78 is 1.82. The molecule has 0 aliphatic heterocycles. The number of para-hydroxylation sites is 1. The molecule has 0 bridgehead atoms. The van der Waals surface area contributed by atoms with Crippen LogP contribution in [0.1, 0.15) is 23.6 Å². The summed E-state index contributed by atoms with van der Waals surface area (Å²) in [7, 11) is 5.80. The van der Waals surface area contributed by atoms with Crippen molar-refractivity contribution in [1.82, 2.24) is 25.0 Å². The number of hydrogen-bond acceptors (Lipinski definition) is 2. The minimum atomic E-state index is 0.778. The van der Waals surface area contributed by atoms with Crippen molar-refractivity contribution < 1.29 is 0 Å². The zero-order chi connectivity index (χ0) is 18.5. The van der Waals surface area contributed by atoms with Gasteiger partial charge in [0.2, 0.25) is 0 Å². The van der Waals surface area contributed by atoms with Crippen molar-refractivity contribution in [3.05, 3.63) is 53.5 Å². The molecular formula is C20H28N6. The molecule has 0 aliphatic rings. The normalized spacial score (nSPS) is 11.9. The van der Waals surface area contributed by atoms with Crippen LogP contribution in [-0.4, -0.2) is 46.3 Å². The molecule has 0 fully saturated rings. The number of fused-ring (bicyclic) bond motifs is 1. The lowest BCUT2D eigenvalue weighted by Gasteiger charge is -2.21. The molecule has 138 valence electrons. The highest BCUT2D eigenvalue weighted by molar-refractivity contribution is 5.86. The Morgan fingerprint density at radius 3 is 2.88 bits per heavy atom. The van der Waals surface area contributed by atoms with Crippen LogP contribution in [0.3, 0.4) is 0 Å². The lowest BCUT2D eigenvalue weighted by molar-refractivity contribution is 0.477. The molecule has 0 atom stereocenters. The first-order valence-electron chi connectivity index (χ1n) is 9.09. The monoisotopic (exact) mass is 352 g/mol. The van der Waals surface area contributed by atoms with Crippen LogP contribution in [0.4, 0.5) is 0 Å². The first kappa shape index (κ1) is 18.0. The maximum absolute atomic E-state index is 4.40. The summed E-state index contributed by atoms with van der Waals surface area (Å²) >= 11 is 0. The van der Waals surface area contributed by atoms with Crippen molar-refractivity contribution in [2.75, 3.05) is 20.6 Å². The van der Waals surface area contributed by atoms with E-state index in [1.54, 1.807) is 0 Å². The highest BCUT2D eigenvalue weighted by Crippen LogP contribution is 2.22. The molecule has 0 radical (unpaired) electrons. The summed E-state index contributed by atoms with van der Waals surface area (Å²) in [5.41, 5.74) is 5.15. The number of aryl methyl sites for hydroxylation is 2. The van der Waals surface area contributed by atoms with Crippen LogP contribution in [0.5, 0.6) is 0 Å². The van der Waals surface area contributed by atoms with Crippen LogP contribution in [0.25, 0.3) is 10.9 Å². The van der Waals surface area contributed by atoms with Gasteiger partial charge in [0, 0.05) is 63.1 Å². The quantitative estimate of drug-likeness (QED) is 0.530. The fourth-order valence-corrected chi connectivity index (χ4v) is 3.37. The predicted molar refractivity (Wildman–Crippen MR) is 107 cm³/mol. The SMILES string of the molecule is CCc1cccc2c(CCNC(=NC)N(C)Cc3cnn(C)c3)c[nH]c12. The average Bonchev–Trinajstić information content (AvgIpc) is 3.24. The molecule has 0 saturated carbocycles. The van der Waals surface area contributed by atoms with E-state index in [0.717, 1.165) is 31.9 Å². The van der Waals surface area contributed by atoms with Crippen LogP contribution in [0.15, 0.2) is 41.8 Å². The number of hydrogen-bond donors (Lipinski definition) is 2. The number of guanidine groups is 1. The highest BCUT2D eigenvalue weighted by Gasteiger charge is 2.09. The molecule has 3 aromatic rings. The standard InChI is InChI=1S/C20H28N6/c1-5-16-7-6-8-18-17(12-23-19(16)18)9-10-22-20(21-2)25(3)13-15-11-24-26(4)14-15/h6-8,11-12,14,23H,5,9-10,13H2,1-4H3,(H,21,22). The molecule has 6 nitrogen and oxygen atoms in total. The number of aromatic nitrogens is 3. The molecule has 3 rings (SSSR count). The molecule has 0 unspecified atom stereocenters. The van der Waals surface area contributed by atoms with Gasteiger partial charge in [0.05, 0.1) is 6.20 Å². The zero-order valence-electron chi connectivity index (χ0n) is 16.1. The summed E-state index contributed by atoms with van der Waals surface area (Å²) in [5, 5.41) is 9.01. The van der Waals surface area contributed by atoms with Crippen molar-refractivity contribution in [3.8, 4) is 0 Å². The second kappa shape index (κ2) is 8.08. The molecule has 2 heterocycles. The second-order valence-electron chi connectivity index (χ2n) is 6.61. The molecule has 0 aliphatic carbocycles. The van der Waals surface area contributed by atoms with Crippen LogP contribution < -0.4 is 5.32 Å². The number of nitrogens with one attached hydrogen (secondary N) is 2. The van der Waals surface area contributed by atoms with Crippen molar-refractivity contribution in [2.45, 2.75) is 26.3 Å². The van der Waals surface area contributed by atoms with Crippen LogP contribution in [-0.2, 0) is 26.4 Å². The summed E-state index contributed by atoms with van der Waals surface area (Å²) in [6.07, 6.45) is 8.05. The van der Waals surface area contributed by atoms with Crippen molar-refractivity contribution in [2.24, 2.45) is 12.0 Å². The second-order valence-corrected chi connectivity index (χ2v) is 6.61. The maximum atomic E-state index is 4.40. The molecular weight excluding hydrogens is 324 g/mol. The molecule has 1 aromatic carbocycles. The Balaban J connectivity index is 1.59. The van der Waals surface area contributed by atoms with Gasteiger partial charge < -0.3 is 15.2 Å². The zero-order valence-corrected chi connectivity index (χ0v) is 16.1. The van der Waals surface area contributed by atoms with Gasteiger partial charge in [0.25, 0.3) is 0 Å². The Hall–Kier alpha value is -2.76. The highest BCUT2D eigenvalue weighted by atomic mass is 15.3. The number of H-pyrrole nitrogens is 1. The summed E-state index contributed by atoms with van der Waals surface area (Å²) in [5.74, 6) is 0.892. The van der Waals surface area contributed by atoms with E-state index >= 15 is 0 Å². The number of aromatic amines is 1. The molecule has 0 amide bonds. The molecule has 26 heavy (non-hydrogen) atoms. The van der Waals surface area contributed by atoms with Gasteiger partial charge in [-0.3, -0.25) is 9.67 Å². The van der Waals surface area contributed by atoms with Gasteiger partial charge in [-0.2, -0.15) is 5.10 Å². The van der Waals surface area contributed by atoms with Crippen LogP contribution in [0.2, 0.25) is 0 Å². The van der Waals surface area contributed by atoms with Gasteiger partial charge in [-0.25, -0.2) is 0 Å². The van der Waals surface area contributed by atoms with E-state index in [9.17, 15) is 0 Å². The number of aliphatic imine (C=N–C) groups is 1. The number of nitrogens with zero attached hydrogens (tertiary/aromatic N) is 4. The Morgan fingerprint density at radius 2 is 2.19 bits per heavy atom. The first-order chi connectivity index (χ1) is 12.6. The topological polar surface area (TPSA) is 61.2 Å². The van der Waals surface area contributed by atoms with E-state index in [1.165, 1.54) is 27.6 Å². The van der Waals surface area contributed by atoms with Crippen molar-refractivity contribution in [3.63, 3.8) is 0 Å². The molecule has 0 saturated heterocycles. The lowest BCUT2D eigenvalue weighted by Crippen LogP contribution is -2.39. The van der Waals surface area contributed by atoms with Crippen molar-refractivity contribution >= 4 is 16.9 Å². The molecule has 0 spiro atoms. The van der Waals surface area contributed by atoms with Gasteiger partial charge in [-0.05, 0) is 24.0 Å². The Kier molecular flexibility index (Phi) is 5.61. The number of benzene rings is 1. The number of rotatable bonds is 6. The van der Waals surface area contributed by atoms with Gasteiger partial charge in [0.1, 0.15) is 0 Å².